The Kier molecular flexibility index (Phi) is 3.76. The van der Waals surface area contributed by atoms with Gasteiger partial charge in [0, 0.05) is 43.6 Å². The lowest BCUT2D eigenvalue weighted by atomic mass is 10.1. The molecule has 0 radical (unpaired) electrons. The minimum absolute atomic E-state index is 0.288. The van der Waals surface area contributed by atoms with Gasteiger partial charge in [-0.05, 0) is 18.4 Å². The number of rotatable bonds is 4. The molecule has 2 atom stereocenters. The van der Waals surface area contributed by atoms with E-state index in [1.54, 1.807) is 11.5 Å². The molecule has 6 heteroatoms. The van der Waals surface area contributed by atoms with Crippen LogP contribution in [0.25, 0.3) is 0 Å². The van der Waals surface area contributed by atoms with Crippen molar-refractivity contribution in [2.45, 2.75) is 37.5 Å². The van der Waals surface area contributed by atoms with E-state index in [0.29, 0.717) is 12.0 Å². The van der Waals surface area contributed by atoms with Crippen molar-refractivity contribution in [3.8, 4) is 0 Å². The highest BCUT2D eigenvalue weighted by atomic mass is 32.1. The summed E-state index contributed by atoms with van der Waals surface area (Å²) in [5.74, 6) is 1.69. The fraction of sp³-hybridized carbons (Fsp3) is 0.556. The van der Waals surface area contributed by atoms with Crippen molar-refractivity contribution in [1.82, 2.24) is 14.3 Å². The molecule has 1 aromatic heterocycles. The first-order chi connectivity index (χ1) is 11.9. The van der Waals surface area contributed by atoms with E-state index in [9.17, 15) is 0 Å². The average molecular weight is 342 g/mol. The number of ether oxygens (including phenoxy) is 1. The third-order valence-electron chi connectivity index (χ3n) is 5.29. The molecule has 1 aliphatic carbocycles. The monoisotopic (exact) mass is 342 g/mol. The summed E-state index contributed by atoms with van der Waals surface area (Å²) in [6, 6.07) is 11.2. The summed E-state index contributed by atoms with van der Waals surface area (Å²) in [6.45, 7) is 4.77. The number of anilines is 1. The zero-order chi connectivity index (χ0) is 15.9. The molecule has 0 unspecified atom stereocenters. The van der Waals surface area contributed by atoms with Gasteiger partial charge in [0.15, 0.2) is 0 Å². The van der Waals surface area contributed by atoms with Gasteiger partial charge < -0.3 is 9.64 Å². The predicted molar refractivity (Wildman–Crippen MR) is 94.5 cm³/mol. The lowest BCUT2D eigenvalue weighted by molar-refractivity contribution is -0.0499. The molecule has 126 valence electrons. The van der Waals surface area contributed by atoms with Crippen LogP contribution in [-0.2, 0) is 11.3 Å². The second-order valence-electron chi connectivity index (χ2n) is 7.05. The van der Waals surface area contributed by atoms with Crippen molar-refractivity contribution < 1.29 is 4.74 Å². The first-order valence-electron chi connectivity index (χ1n) is 8.85. The largest absolute Gasteiger partial charge is 0.373 e. The van der Waals surface area contributed by atoms with E-state index in [4.69, 9.17) is 9.72 Å². The summed E-state index contributed by atoms with van der Waals surface area (Å²) in [5.41, 5.74) is 1.38. The van der Waals surface area contributed by atoms with Gasteiger partial charge in [-0.2, -0.15) is 4.37 Å². The zero-order valence-corrected chi connectivity index (χ0v) is 14.5. The van der Waals surface area contributed by atoms with Gasteiger partial charge in [-0.15, -0.1) is 0 Å². The third-order valence-corrected chi connectivity index (χ3v) is 6.08. The fourth-order valence-electron chi connectivity index (χ4n) is 3.79. The predicted octanol–water partition coefficient (Wildman–Crippen LogP) is 2.51. The molecule has 1 aromatic carbocycles. The molecule has 0 N–H and O–H groups in total. The fourth-order valence-corrected chi connectivity index (χ4v) is 4.55. The summed E-state index contributed by atoms with van der Waals surface area (Å²) in [4.78, 5) is 9.73. The smallest absolute Gasteiger partial charge is 0.205 e. The molecular formula is C18H22N4OS. The molecule has 2 aliphatic heterocycles. The normalized spacial score (nSPS) is 27.4. The van der Waals surface area contributed by atoms with E-state index in [-0.39, 0.29) is 6.10 Å². The molecule has 24 heavy (non-hydrogen) atoms. The van der Waals surface area contributed by atoms with Crippen molar-refractivity contribution in [2.75, 3.05) is 31.1 Å². The topological polar surface area (TPSA) is 41.5 Å². The van der Waals surface area contributed by atoms with Crippen LogP contribution in [0.3, 0.4) is 0 Å². The van der Waals surface area contributed by atoms with Gasteiger partial charge in [-0.1, -0.05) is 30.3 Å². The van der Waals surface area contributed by atoms with Crippen LogP contribution in [0.1, 0.15) is 30.1 Å². The van der Waals surface area contributed by atoms with Crippen LogP contribution >= 0.6 is 11.5 Å². The molecule has 3 heterocycles. The first kappa shape index (κ1) is 14.8. The van der Waals surface area contributed by atoms with Crippen LogP contribution in [0.5, 0.6) is 0 Å². The minimum Gasteiger partial charge on any atom is -0.373 e. The Morgan fingerprint density at radius 1 is 1.17 bits per heavy atom. The highest BCUT2D eigenvalue weighted by Gasteiger charge is 2.41. The Balaban J connectivity index is 1.30. The SMILES string of the molecule is c1ccc(CN2CCO[C@H]3CN(c4nc(C5CC5)ns4)C[C@H]32)cc1. The van der Waals surface area contributed by atoms with Crippen LogP contribution in [0.2, 0.25) is 0 Å². The van der Waals surface area contributed by atoms with Crippen molar-refractivity contribution in [1.29, 1.82) is 0 Å². The lowest BCUT2D eigenvalue weighted by Crippen LogP contribution is -2.50. The average Bonchev–Trinajstić information content (AvgIpc) is 3.18. The van der Waals surface area contributed by atoms with Crippen molar-refractivity contribution >= 4 is 16.7 Å². The van der Waals surface area contributed by atoms with Gasteiger partial charge in [0.25, 0.3) is 0 Å². The van der Waals surface area contributed by atoms with Gasteiger partial charge >= 0.3 is 0 Å². The quantitative estimate of drug-likeness (QED) is 0.854. The van der Waals surface area contributed by atoms with Crippen LogP contribution in [0.15, 0.2) is 30.3 Å². The summed E-state index contributed by atoms with van der Waals surface area (Å²) >= 11 is 1.56. The molecule has 0 amide bonds. The van der Waals surface area contributed by atoms with E-state index in [1.807, 2.05) is 0 Å². The van der Waals surface area contributed by atoms with E-state index >= 15 is 0 Å². The standard InChI is InChI=1S/C18H22N4OS/c1-2-4-13(5-3-1)10-21-8-9-23-16-12-22(11-15(16)21)18-19-17(20-24-18)14-6-7-14/h1-5,14-16H,6-12H2/t15-,16+/m1/s1. The van der Waals surface area contributed by atoms with Gasteiger partial charge in [-0.25, -0.2) is 4.98 Å². The number of aromatic nitrogens is 2. The number of morpholine rings is 1. The van der Waals surface area contributed by atoms with E-state index in [2.05, 4.69) is 44.5 Å². The van der Waals surface area contributed by atoms with Crippen LogP contribution in [0.4, 0.5) is 5.13 Å². The number of nitrogens with zero attached hydrogens (tertiary/aromatic N) is 4. The van der Waals surface area contributed by atoms with Gasteiger partial charge in [0.1, 0.15) is 5.82 Å². The molecule has 3 aliphatic rings. The maximum Gasteiger partial charge on any atom is 0.205 e. The molecule has 0 spiro atoms. The Bertz CT molecular complexity index is 702. The van der Waals surface area contributed by atoms with E-state index < -0.39 is 0 Å². The van der Waals surface area contributed by atoms with Gasteiger partial charge in [0.2, 0.25) is 5.13 Å². The first-order valence-corrected chi connectivity index (χ1v) is 9.62. The molecular weight excluding hydrogens is 320 g/mol. The zero-order valence-electron chi connectivity index (χ0n) is 13.7. The van der Waals surface area contributed by atoms with Crippen LogP contribution in [-0.4, -0.2) is 52.6 Å². The Labute approximate surface area is 146 Å². The molecule has 0 bridgehead atoms. The maximum absolute atomic E-state index is 6.06. The number of hydrogen-bond donors (Lipinski definition) is 0. The number of hydrogen-bond acceptors (Lipinski definition) is 6. The highest BCUT2D eigenvalue weighted by Crippen LogP contribution is 2.40. The van der Waals surface area contributed by atoms with Crippen LogP contribution in [0, 0.1) is 0 Å². The van der Waals surface area contributed by atoms with Gasteiger partial charge in [-0.3, -0.25) is 4.90 Å². The van der Waals surface area contributed by atoms with E-state index in [1.165, 1.54) is 18.4 Å². The molecule has 2 aromatic rings. The highest BCUT2D eigenvalue weighted by molar-refractivity contribution is 7.09. The Hall–Kier alpha value is -1.50. The van der Waals surface area contributed by atoms with Crippen LogP contribution < -0.4 is 4.90 Å². The van der Waals surface area contributed by atoms with Gasteiger partial charge in [0.05, 0.1) is 18.8 Å². The second kappa shape index (κ2) is 6.10. The summed E-state index contributed by atoms with van der Waals surface area (Å²) < 4.78 is 10.6. The molecule has 5 nitrogen and oxygen atoms in total. The Morgan fingerprint density at radius 2 is 2.04 bits per heavy atom. The Morgan fingerprint density at radius 3 is 2.88 bits per heavy atom. The van der Waals surface area contributed by atoms with Crippen molar-refractivity contribution in [2.24, 2.45) is 0 Å². The van der Waals surface area contributed by atoms with Crippen molar-refractivity contribution in [3.05, 3.63) is 41.7 Å². The number of benzene rings is 1. The summed E-state index contributed by atoms with van der Waals surface area (Å²) in [5, 5.41) is 1.08. The third kappa shape index (κ3) is 2.83. The second-order valence-corrected chi connectivity index (χ2v) is 7.78. The summed E-state index contributed by atoms with van der Waals surface area (Å²) in [7, 11) is 0. The number of fused-ring (bicyclic) bond motifs is 1. The molecule has 1 saturated carbocycles. The molecule has 3 fully saturated rings. The maximum atomic E-state index is 6.06. The van der Waals surface area contributed by atoms with Crippen molar-refractivity contribution in [3.63, 3.8) is 0 Å². The lowest BCUT2D eigenvalue weighted by Gasteiger charge is -2.36. The minimum atomic E-state index is 0.288. The molecule has 2 saturated heterocycles. The molecule has 5 rings (SSSR count). The van der Waals surface area contributed by atoms with E-state index in [0.717, 1.165) is 43.7 Å². The summed E-state index contributed by atoms with van der Waals surface area (Å²) in [6.07, 6.45) is 2.81.